The van der Waals surface area contributed by atoms with E-state index < -0.39 is 23.5 Å². The smallest absolute Gasteiger partial charge is 0.198 e. The molecule has 0 aromatic heterocycles. The van der Waals surface area contributed by atoms with Gasteiger partial charge in [0.25, 0.3) is 0 Å². The van der Waals surface area contributed by atoms with E-state index in [9.17, 15) is 8.42 Å². The fourth-order valence-electron chi connectivity index (χ4n) is 4.68. The Balaban J connectivity index is 2.19. The first-order valence-corrected chi connectivity index (χ1v) is 14.2. The maximum absolute atomic E-state index is 13.8. The maximum Gasteiger partial charge on any atom is 0.198 e. The summed E-state index contributed by atoms with van der Waals surface area (Å²) in [5, 5.41) is 0. The van der Waals surface area contributed by atoms with Crippen molar-refractivity contribution in [1.29, 1.82) is 0 Å². The molecular formula is C21H32O4SSi. The van der Waals surface area contributed by atoms with Crippen LogP contribution in [0.3, 0.4) is 0 Å². The van der Waals surface area contributed by atoms with Gasteiger partial charge >= 0.3 is 0 Å². The molecule has 2 aliphatic rings. The molecule has 150 valence electrons. The number of epoxide rings is 1. The van der Waals surface area contributed by atoms with Gasteiger partial charge in [0, 0.05) is 11.6 Å². The predicted octanol–water partition coefficient (Wildman–Crippen LogP) is 4.73. The van der Waals surface area contributed by atoms with Crippen LogP contribution in [0.4, 0.5) is 0 Å². The molecule has 3 rings (SSSR count). The Morgan fingerprint density at radius 2 is 1.85 bits per heavy atom. The van der Waals surface area contributed by atoms with E-state index >= 15 is 0 Å². The summed E-state index contributed by atoms with van der Waals surface area (Å²) in [6.07, 6.45) is 5.07. The van der Waals surface area contributed by atoms with Crippen molar-refractivity contribution in [3.8, 4) is 0 Å². The topological polar surface area (TPSA) is 55.9 Å². The summed E-state index contributed by atoms with van der Waals surface area (Å²) in [5.41, 5.74) is -0.613. The molecule has 3 atom stereocenters. The number of rotatable bonds is 8. The summed E-state index contributed by atoms with van der Waals surface area (Å²) >= 11 is 0. The second-order valence-corrected chi connectivity index (χ2v) is 15.3. The molecule has 1 aromatic rings. The fourth-order valence-corrected chi connectivity index (χ4v) is 12.8. The normalized spacial score (nSPS) is 28.7. The van der Waals surface area contributed by atoms with Crippen LogP contribution in [0.5, 0.6) is 0 Å². The van der Waals surface area contributed by atoms with Gasteiger partial charge in [0.05, 0.1) is 11.0 Å². The largest absolute Gasteiger partial charge is 0.371 e. The van der Waals surface area contributed by atoms with Gasteiger partial charge in [-0.3, -0.25) is 0 Å². The minimum Gasteiger partial charge on any atom is -0.371 e. The zero-order chi connectivity index (χ0) is 19.7. The number of benzene rings is 1. The SMILES string of the molecule is CC[Si](CC)(CC)/C(=C/[C@]1(OC)CCC[C@H]2O[C@H]21)S(=O)(=O)c1ccccc1. The Kier molecular flexibility index (Phi) is 6.01. The Morgan fingerprint density at radius 1 is 1.22 bits per heavy atom. The monoisotopic (exact) mass is 408 g/mol. The van der Waals surface area contributed by atoms with Crippen LogP contribution in [-0.2, 0) is 19.3 Å². The van der Waals surface area contributed by atoms with Crippen LogP contribution in [0.1, 0.15) is 40.0 Å². The highest BCUT2D eigenvalue weighted by molar-refractivity contribution is 7.97. The second-order valence-electron chi connectivity index (χ2n) is 7.81. The summed E-state index contributed by atoms with van der Waals surface area (Å²) in [4.78, 5) is 0.388. The standard InChI is InChI=1S/C21H32O4SSi/c1-5-27(6-2,7-3)19(26(22,23)17-12-9-8-10-13-17)16-21(24-4)15-11-14-18-20(21)25-18/h8-10,12-13,16,18,20H,5-7,11,14-15H2,1-4H3/b19-16+/t18-,20-,21-/m1/s1. The molecule has 27 heavy (non-hydrogen) atoms. The Bertz CT molecular complexity index is 777. The highest BCUT2D eigenvalue weighted by atomic mass is 32.2. The molecule has 1 aliphatic heterocycles. The number of hydrogen-bond acceptors (Lipinski definition) is 4. The number of methoxy groups -OCH3 is 1. The van der Waals surface area contributed by atoms with E-state index in [4.69, 9.17) is 9.47 Å². The molecule has 0 N–H and O–H groups in total. The van der Waals surface area contributed by atoms with Crippen molar-refractivity contribution in [3.05, 3.63) is 40.9 Å². The van der Waals surface area contributed by atoms with Gasteiger partial charge < -0.3 is 9.47 Å². The van der Waals surface area contributed by atoms with Gasteiger partial charge in [-0.25, -0.2) is 8.42 Å². The average Bonchev–Trinajstić information content (AvgIpc) is 3.50. The molecule has 0 amide bonds. The summed E-state index contributed by atoms with van der Waals surface area (Å²) in [7, 11) is -4.05. The third-order valence-corrected chi connectivity index (χ3v) is 15.7. The molecule has 2 fully saturated rings. The lowest BCUT2D eigenvalue weighted by molar-refractivity contribution is -0.00221. The summed E-state index contributed by atoms with van der Waals surface area (Å²) in [6, 6.07) is 11.6. The van der Waals surface area contributed by atoms with Gasteiger partial charge in [-0.15, -0.1) is 0 Å². The van der Waals surface area contributed by atoms with E-state index in [1.165, 1.54) is 0 Å². The molecule has 0 spiro atoms. The molecule has 1 saturated heterocycles. The number of ether oxygens (including phenoxy) is 2. The molecule has 1 heterocycles. The first-order valence-electron chi connectivity index (χ1n) is 10.1. The third kappa shape index (κ3) is 3.57. The summed E-state index contributed by atoms with van der Waals surface area (Å²) in [6.45, 7) is 6.43. The van der Waals surface area contributed by atoms with Crippen molar-refractivity contribution in [3.63, 3.8) is 0 Å². The Labute approximate surface area is 164 Å². The van der Waals surface area contributed by atoms with Gasteiger partial charge in [-0.1, -0.05) is 57.1 Å². The van der Waals surface area contributed by atoms with E-state index in [0.717, 1.165) is 37.4 Å². The molecule has 1 aliphatic carbocycles. The van der Waals surface area contributed by atoms with E-state index in [1.807, 2.05) is 12.1 Å². The first-order chi connectivity index (χ1) is 12.9. The van der Waals surface area contributed by atoms with E-state index in [1.54, 1.807) is 31.4 Å². The van der Waals surface area contributed by atoms with E-state index in [0.29, 0.717) is 9.42 Å². The predicted molar refractivity (Wildman–Crippen MR) is 111 cm³/mol. The quantitative estimate of drug-likeness (QED) is 0.461. The van der Waals surface area contributed by atoms with Crippen molar-refractivity contribution in [2.75, 3.05) is 7.11 Å². The lowest BCUT2D eigenvalue weighted by Gasteiger charge is -2.36. The van der Waals surface area contributed by atoms with Crippen LogP contribution >= 0.6 is 0 Å². The van der Waals surface area contributed by atoms with Crippen molar-refractivity contribution in [2.45, 2.75) is 80.9 Å². The van der Waals surface area contributed by atoms with Gasteiger partial charge in [0.1, 0.15) is 19.8 Å². The fraction of sp³-hybridized carbons (Fsp3) is 0.619. The second kappa shape index (κ2) is 7.82. The molecule has 0 radical (unpaired) electrons. The lowest BCUT2D eigenvalue weighted by Crippen LogP contribution is -2.45. The van der Waals surface area contributed by atoms with Gasteiger partial charge in [-0.05, 0) is 37.5 Å². The van der Waals surface area contributed by atoms with Gasteiger partial charge in [0.15, 0.2) is 9.84 Å². The van der Waals surface area contributed by atoms with Crippen molar-refractivity contribution >= 4 is 17.9 Å². The van der Waals surface area contributed by atoms with Crippen molar-refractivity contribution < 1.29 is 17.9 Å². The van der Waals surface area contributed by atoms with Crippen LogP contribution in [0.15, 0.2) is 45.8 Å². The van der Waals surface area contributed by atoms with Crippen molar-refractivity contribution in [2.24, 2.45) is 0 Å². The Morgan fingerprint density at radius 3 is 2.41 bits per heavy atom. The minimum atomic E-state index is -3.56. The van der Waals surface area contributed by atoms with E-state index in [2.05, 4.69) is 20.8 Å². The Hall–Kier alpha value is -0.953. The minimum absolute atomic E-state index is 0.00510. The average molecular weight is 409 g/mol. The summed E-state index contributed by atoms with van der Waals surface area (Å²) < 4.78 is 40.0. The maximum atomic E-state index is 13.8. The number of sulfone groups is 1. The number of hydrogen-bond donors (Lipinski definition) is 0. The zero-order valence-electron chi connectivity index (χ0n) is 16.9. The first kappa shape index (κ1) is 20.8. The van der Waals surface area contributed by atoms with Crippen LogP contribution in [0.25, 0.3) is 0 Å². The van der Waals surface area contributed by atoms with Crippen LogP contribution < -0.4 is 0 Å². The van der Waals surface area contributed by atoms with Crippen LogP contribution in [0.2, 0.25) is 18.1 Å². The molecule has 0 bridgehead atoms. The van der Waals surface area contributed by atoms with Gasteiger partial charge in [0.2, 0.25) is 0 Å². The molecular weight excluding hydrogens is 376 g/mol. The zero-order valence-corrected chi connectivity index (χ0v) is 18.7. The third-order valence-electron chi connectivity index (χ3n) is 6.77. The molecule has 6 heteroatoms. The summed E-state index contributed by atoms with van der Waals surface area (Å²) in [5.74, 6) is 0. The highest BCUT2D eigenvalue weighted by Gasteiger charge is 2.57. The van der Waals surface area contributed by atoms with Gasteiger partial charge in [-0.2, -0.15) is 0 Å². The highest BCUT2D eigenvalue weighted by Crippen LogP contribution is 2.48. The van der Waals surface area contributed by atoms with E-state index in [-0.39, 0.29) is 12.2 Å². The molecule has 1 saturated carbocycles. The molecule has 4 nitrogen and oxygen atoms in total. The lowest BCUT2D eigenvalue weighted by atomic mass is 9.85. The van der Waals surface area contributed by atoms with Crippen molar-refractivity contribution in [1.82, 2.24) is 0 Å². The molecule has 1 aromatic carbocycles. The van der Waals surface area contributed by atoms with Crippen LogP contribution in [-0.4, -0.2) is 41.4 Å². The number of fused-ring (bicyclic) bond motifs is 1. The molecule has 0 unspecified atom stereocenters. The van der Waals surface area contributed by atoms with Crippen LogP contribution in [0, 0.1) is 0 Å².